The maximum absolute atomic E-state index is 11.6. The predicted molar refractivity (Wildman–Crippen MR) is 138 cm³/mol. The molecular formula is C19H27N7O15P2. The zero-order valence-corrected chi connectivity index (χ0v) is 23.4. The summed E-state index contributed by atoms with van der Waals surface area (Å²) >= 11 is 0. The second-order valence-electron chi connectivity index (χ2n) is 9.15. The van der Waals surface area contributed by atoms with Crippen LogP contribution in [0.2, 0.25) is 0 Å². The van der Waals surface area contributed by atoms with Crippen LogP contribution < -0.4 is 17.0 Å². The molecule has 43 heavy (non-hydrogen) atoms. The third kappa shape index (κ3) is 8.16. The summed E-state index contributed by atoms with van der Waals surface area (Å²) in [6, 6.07) is 1.40. The normalized spacial score (nSPS) is 27.7. The number of hydrogen-bond donors (Lipinski definition) is 9. The second kappa shape index (κ2) is 13.0. The van der Waals surface area contributed by atoms with E-state index in [-0.39, 0.29) is 23.4 Å². The van der Waals surface area contributed by atoms with Gasteiger partial charge in [0.1, 0.15) is 36.5 Å². The molecule has 0 spiro atoms. The molecule has 7 atom stereocenters. The minimum atomic E-state index is -4.74. The molecule has 0 amide bonds. The van der Waals surface area contributed by atoms with Gasteiger partial charge in [-0.05, 0) is 6.07 Å². The topological polar surface area (TPSA) is 337 Å². The molecule has 0 saturated carbocycles. The van der Waals surface area contributed by atoms with E-state index in [4.69, 9.17) is 34.8 Å². The Morgan fingerprint density at radius 3 is 2.26 bits per heavy atom. The van der Waals surface area contributed by atoms with E-state index in [9.17, 15) is 34.0 Å². The minimum absolute atomic E-state index is 0.0210. The van der Waals surface area contributed by atoms with Gasteiger partial charge in [0.25, 0.3) is 5.56 Å². The van der Waals surface area contributed by atoms with Gasteiger partial charge in [-0.2, -0.15) is 4.98 Å². The number of aromatic nitrogens is 6. The first kappa shape index (κ1) is 33.0. The third-order valence-corrected chi connectivity index (χ3v) is 7.13. The van der Waals surface area contributed by atoms with Crippen molar-refractivity contribution in [2.24, 2.45) is 0 Å². The van der Waals surface area contributed by atoms with Crippen molar-refractivity contribution in [1.29, 1.82) is 0 Å². The van der Waals surface area contributed by atoms with E-state index in [2.05, 4.69) is 29.0 Å². The lowest BCUT2D eigenvalue weighted by atomic mass is 10.1. The molecule has 0 unspecified atom stereocenters. The van der Waals surface area contributed by atoms with Gasteiger partial charge >= 0.3 is 21.3 Å². The van der Waals surface area contributed by atoms with Crippen molar-refractivity contribution in [3.63, 3.8) is 0 Å². The lowest BCUT2D eigenvalue weighted by molar-refractivity contribution is -0.0504. The van der Waals surface area contributed by atoms with Gasteiger partial charge < -0.3 is 55.1 Å². The van der Waals surface area contributed by atoms with Gasteiger partial charge in [-0.3, -0.25) is 23.0 Å². The summed E-state index contributed by atoms with van der Waals surface area (Å²) < 4.78 is 43.0. The van der Waals surface area contributed by atoms with Crippen LogP contribution in [0.4, 0.5) is 5.82 Å². The zero-order chi connectivity index (χ0) is 31.7. The highest BCUT2D eigenvalue weighted by atomic mass is 31.2. The molecule has 0 radical (unpaired) electrons. The van der Waals surface area contributed by atoms with Gasteiger partial charge in [-0.15, -0.1) is 0 Å². The quantitative estimate of drug-likeness (QED) is 0.106. The maximum Gasteiger partial charge on any atom is 0.469 e. The number of nitrogens with one attached hydrogen (secondary N) is 1. The molecule has 2 fully saturated rings. The van der Waals surface area contributed by atoms with Crippen LogP contribution in [0.25, 0.3) is 11.2 Å². The maximum atomic E-state index is 11.6. The van der Waals surface area contributed by atoms with Gasteiger partial charge in [0, 0.05) is 12.6 Å². The van der Waals surface area contributed by atoms with Crippen LogP contribution in [0.1, 0.15) is 18.9 Å². The van der Waals surface area contributed by atoms with E-state index in [1.165, 1.54) is 23.2 Å². The lowest BCUT2D eigenvalue weighted by Gasteiger charge is -2.16. The highest BCUT2D eigenvalue weighted by Crippen LogP contribution is 2.39. The number of phosphoric acid groups is 2. The summed E-state index contributed by atoms with van der Waals surface area (Å²) in [4.78, 5) is 71.4. The summed E-state index contributed by atoms with van der Waals surface area (Å²) in [5, 5.41) is 29.7. The van der Waals surface area contributed by atoms with Crippen molar-refractivity contribution in [3.05, 3.63) is 45.8 Å². The van der Waals surface area contributed by atoms with Crippen LogP contribution in [0.15, 0.2) is 34.5 Å². The van der Waals surface area contributed by atoms with E-state index >= 15 is 0 Å². The van der Waals surface area contributed by atoms with Crippen LogP contribution in [0.5, 0.6) is 0 Å². The number of phosphoric ester groups is 2. The Balaban J connectivity index is 0.000000199. The number of H-pyrrole nitrogens is 1. The van der Waals surface area contributed by atoms with Crippen molar-refractivity contribution in [2.45, 2.75) is 49.4 Å². The van der Waals surface area contributed by atoms with Gasteiger partial charge in [0.05, 0.1) is 32.0 Å². The fraction of sp³-hybridized carbons (Fsp3) is 0.526. The molecular weight excluding hydrogens is 628 g/mol. The van der Waals surface area contributed by atoms with E-state index in [0.29, 0.717) is 0 Å². The van der Waals surface area contributed by atoms with E-state index in [1.807, 2.05) is 0 Å². The van der Waals surface area contributed by atoms with Crippen molar-refractivity contribution in [2.75, 3.05) is 18.9 Å². The number of ether oxygens (including phenoxy) is 2. The summed E-state index contributed by atoms with van der Waals surface area (Å²) in [5.41, 5.74) is 4.38. The molecule has 10 N–H and O–H groups in total. The Hall–Kier alpha value is -2.95. The first-order valence-corrected chi connectivity index (χ1v) is 15.1. The number of aliphatic hydroxyl groups excluding tert-OH is 3. The fourth-order valence-electron chi connectivity index (χ4n) is 4.17. The average Bonchev–Trinajstić information content (AvgIpc) is 3.57. The number of rotatable bonds is 8. The molecule has 2 saturated heterocycles. The van der Waals surface area contributed by atoms with Crippen molar-refractivity contribution >= 4 is 32.6 Å². The first-order chi connectivity index (χ1) is 20.0. The number of nitrogens with zero attached hydrogens (tertiary/aromatic N) is 5. The van der Waals surface area contributed by atoms with Gasteiger partial charge in [0.2, 0.25) is 0 Å². The van der Waals surface area contributed by atoms with Gasteiger partial charge in [0.15, 0.2) is 17.4 Å². The molecule has 0 bridgehead atoms. The number of imidazole rings is 1. The van der Waals surface area contributed by atoms with Crippen molar-refractivity contribution < 1.29 is 62.5 Å². The number of anilines is 1. The molecule has 0 aromatic carbocycles. The van der Waals surface area contributed by atoms with E-state index in [1.54, 1.807) is 0 Å². The summed E-state index contributed by atoms with van der Waals surface area (Å²) in [6.07, 6.45) is -4.17. The monoisotopic (exact) mass is 655 g/mol. The number of nitrogens with two attached hydrogens (primary N) is 1. The van der Waals surface area contributed by atoms with Crippen LogP contribution in [0.3, 0.4) is 0 Å². The smallest absolute Gasteiger partial charge is 0.390 e. The largest absolute Gasteiger partial charge is 0.469 e. The number of hydrogen-bond acceptors (Lipinski definition) is 15. The molecule has 2 aliphatic heterocycles. The first-order valence-electron chi connectivity index (χ1n) is 12.0. The van der Waals surface area contributed by atoms with Crippen LogP contribution in [0, 0.1) is 0 Å². The Morgan fingerprint density at radius 2 is 1.63 bits per heavy atom. The lowest BCUT2D eigenvalue weighted by Crippen LogP contribution is -2.33. The molecule has 238 valence electrons. The Bertz CT molecular complexity index is 1640. The van der Waals surface area contributed by atoms with Crippen LogP contribution in [-0.2, 0) is 27.7 Å². The number of aromatic amines is 1. The molecule has 22 nitrogen and oxygen atoms in total. The predicted octanol–water partition coefficient (Wildman–Crippen LogP) is -3.57. The Morgan fingerprint density at radius 1 is 0.977 bits per heavy atom. The molecule has 24 heteroatoms. The highest BCUT2D eigenvalue weighted by molar-refractivity contribution is 7.46. The Kier molecular flexibility index (Phi) is 9.93. The van der Waals surface area contributed by atoms with Crippen molar-refractivity contribution in [1.82, 2.24) is 29.1 Å². The van der Waals surface area contributed by atoms with Gasteiger partial charge in [-0.1, -0.05) is 0 Å². The summed E-state index contributed by atoms with van der Waals surface area (Å²) in [6.45, 7) is -1.11. The summed E-state index contributed by atoms with van der Waals surface area (Å²) in [5.74, 6) is 0.0613. The number of aliphatic hydroxyl groups is 3. The number of nitrogen functional groups attached to an aromatic ring is 1. The number of fused-ring (bicyclic) bond motifs is 1. The third-order valence-electron chi connectivity index (χ3n) is 6.16. The average molecular weight is 655 g/mol. The second-order valence-corrected chi connectivity index (χ2v) is 11.6. The van der Waals surface area contributed by atoms with Crippen LogP contribution in [-0.4, -0.2) is 108 Å². The minimum Gasteiger partial charge on any atom is -0.390 e. The van der Waals surface area contributed by atoms with Crippen molar-refractivity contribution in [3.8, 4) is 0 Å². The molecule has 2 aliphatic rings. The molecule has 5 heterocycles. The standard InChI is InChI=1S/C10H13N4O8P.C9H14N3O7P/c15-6-4(1-21-23(18,19)20)22-10(7(6)16)14-3-13-5-8(14)11-2-12-9(5)17;10-7-1-2-12(9(14)11-7)8-3-5(13)6(19-8)4-18-20(15,16)17/h2-4,6-7,10,15-16H,1H2,(H,11,12,17)(H2,18,19,20);1-2,5-6,8,13H,3-4H2,(H2,10,11,14)(H2,15,16,17)/t4-,6-,7-,10-;5-,6+,8+/m10/s1. The molecule has 3 aromatic rings. The summed E-state index contributed by atoms with van der Waals surface area (Å²) in [7, 11) is -9.38. The fourth-order valence-corrected chi connectivity index (χ4v) is 4.85. The Labute approximate surface area is 238 Å². The highest BCUT2D eigenvalue weighted by Gasteiger charge is 2.45. The van der Waals surface area contributed by atoms with Gasteiger partial charge in [-0.25, -0.2) is 23.9 Å². The SMILES string of the molecule is Nc1ccn([C@H]2C[C@H](O)[C@@H](COP(=O)(O)O)O2)c(=O)n1.O=c1[nH]cnc2c1ncn2[C@@H]1O[C@H](COP(=O)(O)O)[C@@H](O)[C@H]1O. The zero-order valence-electron chi connectivity index (χ0n) is 21.6. The van der Waals surface area contributed by atoms with E-state index < -0.39 is 83.1 Å². The molecule has 0 aliphatic carbocycles. The van der Waals surface area contributed by atoms with Crippen LogP contribution >= 0.6 is 15.6 Å². The molecule has 3 aromatic heterocycles. The molecule has 5 rings (SSSR count). The van der Waals surface area contributed by atoms with E-state index in [0.717, 1.165) is 10.9 Å².